The number of anilines is 1. The summed E-state index contributed by atoms with van der Waals surface area (Å²) in [5, 5.41) is 12.5. The monoisotopic (exact) mass is 265 g/mol. The molecule has 0 aliphatic rings. The molecule has 0 aliphatic carbocycles. The van der Waals surface area contributed by atoms with Crippen LogP contribution in [0.1, 0.15) is 49.6 Å². The van der Waals surface area contributed by atoms with Gasteiger partial charge in [0.25, 0.3) is 0 Å². The van der Waals surface area contributed by atoms with Crippen molar-refractivity contribution in [3.63, 3.8) is 0 Å². The number of hydrogen-bond donors (Lipinski definition) is 1. The summed E-state index contributed by atoms with van der Waals surface area (Å²) in [7, 11) is 0. The molecule has 1 aromatic heterocycles. The molecule has 0 radical (unpaired) electrons. The Morgan fingerprint density at radius 2 is 1.75 bits per heavy atom. The van der Waals surface area contributed by atoms with Crippen molar-refractivity contribution in [2.75, 3.05) is 5.32 Å². The van der Waals surface area contributed by atoms with E-state index in [1.165, 1.54) is 5.56 Å². The van der Waals surface area contributed by atoms with Crippen LogP contribution in [0.3, 0.4) is 0 Å². The van der Waals surface area contributed by atoms with Crippen molar-refractivity contribution >= 4 is 5.82 Å². The average molecular weight is 265 g/mol. The highest BCUT2D eigenvalue weighted by molar-refractivity contribution is 5.53. The molecule has 1 aromatic carbocycles. The van der Waals surface area contributed by atoms with E-state index in [9.17, 15) is 5.26 Å². The minimum atomic E-state index is 0.109. The molecule has 2 aromatic rings. The van der Waals surface area contributed by atoms with E-state index in [4.69, 9.17) is 0 Å². The van der Waals surface area contributed by atoms with Crippen molar-refractivity contribution in [1.29, 1.82) is 5.26 Å². The Balaban J connectivity index is 2.28. The summed E-state index contributed by atoms with van der Waals surface area (Å²) in [5.74, 6) is 1.00. The number of nitrogens with one attached hydrogen (secondary N) is 1. The Morgan fingerprint density at radius 1 is 1.05 bits per heavy atom. The van der Waals surface area contributed by atoms with Gasteiger partial charge in [0, 0.05) is 11.7 Å². The maximum atomic E-state index is 9.20. The van der Waals surface area contributed by atoms with Crippen molar-refractivity contribution in [3.05, 3.63) is 59.3 Å². The third kappa shape index (κ3) is 3.16. The van der Waals surface area contributed by atoms with Crippen LogP contribution < -0.4 is 5.32 Å². The van der Waals surface area contributed by atoms with Gasteiger partial charge in [-0.05, 0) is 30.5 Å². The second-order valence-corrected chi connectivity index (χ2v) is 5.18. The summed E-state index contributed by atoms with van der Waals surface area (Å²) in [6.07, 6.45) is 0. The molecular formula is C17H19N3. The lowest BCUT2D eigenvalue weighted by molar-refractivity contribution is 0.811. The molecule has 2 rings (SSSR count). The molecule has 3 nitrogen and oxygen atoms in total. The molecule has 102 valence electrons. The average Bonchev–Trinajstić information content (AvgIpc) is 2.48. The fraction of sp³-hybridized carbons (Fsp3) is 0.294. The Bertz CT molecular complexity index is 612. The van der Waals surface area contributed by atoms with E-state index >= 15 is 0 Å². The molecule has 0 amide bonds. The van der Waals surface area contributed by atoms with Crippen LogP contribution in [0.25, 0.3) is 0 Å². The zero-order valence-electron chi connectivity index (χ0n) is 12.1. The van der Waals surface area contributed by atoms with Crippen molar-refractivity contribution in [2.45, 2.75) is 32.7 Å². The van der Waals surface area contributed by atoms with E-state index in [-0.39, 0.29) is 6.04 Å². The maximum absolute atomic E-state index is 9.20. The van der Waals surface area contributed by atoms with Gasteiger partial charge in [-0.25, -0.2) is 4.98 Å². The van der Waals surface area contributed by atoms with Gasteiger partial charge < -0.3 is 5.32 Å². The van der Waals surface area contributed by atoms with Crippen molar-refractivity contribution < 1.29 is 0 Å². The Labute approximate surface area is 120 Å². The van der Waals surface area contributed by atoms with Gasteiger partial charge in [-0.2, -0.15) is 5.26 Å². The fourth-order valence-corrected chi connectivity index (χ4v) is 2.03. The molecule has 3 heteroatoms. The lowest BCUT2D eigenvalue weighted by Gasteiger charge is -2.17. The summed E-state index contributed by atoms with van der Waals surface area (Å²) >= 11 is 0. The number of aromatic nitrogens is 1. The number of nitrogens with zero attached hydrogens (tertiary/aromatic N) is 2. The predicted octanol–water partition coefficient (Wildman–Crippen LogP) is 4.25. The fourth-order valence-electron chi connectivity index (χ4n) is 2.03. The molecular weight excluding hydrogens is 246 g/mol. The van der Waals surface area contributed by atoms with Crippen LogP contribution in [0.15, 0.2) is 42.5 Å². The molecule has 20 heavy (non-hydrogen) atoms. The van der Waals surface area contributed by atoms with E-state index < -0.39 is 0 Å². The minimum Gasteiger partial charge on any atom is -0.362 e. The molecule has 0 saturated heterocycles. The lowest BCUT2D eigenvalue weighted by atomic mass is 10.1. The summed E-state index contributed by atoms with van der Waals surface area (Å²) < 4.78 is 0. The molecule has 0 aliphatic heterocycles. The summed E-state index contributed by atoms with van der Waals surface area (Å²) in [6.45, 7) is 6.26. The first kappa shape index (κ1) is 14.1. The highest BCUT2D eigenvalue weighted by Gasteiger charge is 2.11. The molecule has 1 heterocycles. The maximum Gasteiger partial charge on any atom is 0.144 e. The molecule has 1 unspecified atom stereocenters. The topological polar surface area (TPSA) is 48.7 Å². The lowest BCUT2D eigenvalue weighted by Crippen LogP contribution is -2.10. The first-order valence-electron chi connectivity index (χ1n) is 6.84. The zero-order chi connectivity index (χ0) is 14.5. The van der Waals surface area contributed by atoms with Crippen LogP contribution in [-0.4, -0.2) is 4.98 Å². The van der Waals surface area contributed by atoms with Crippen molar-refractivity contribution in [1.82, 2.24) is 4.98 Å². The molecule has 0 saturated carbocycles. The van der Waals surface area contributed by atoms with Gasteiger partial charge >= 0.3 is 0 Å². The Hall–Kier alpha value is -2.34. The summed E-state index contributed by atoms with van der Waals surface area (Å²) in [6, 6.07) is 16.2. The van der Waals surface area contributed by atoms with Crippen LogP contribution >= 0.6 is 0 Å². The van der Waals surface area contributed by atoms with Gasteiger partial charge in [0.2, 0.25) is 0 Å². The van der Waals surface area contributed by atoms with Gasteiger partial charge in [0.1, 0.15) is 11.9 Å². The quantitative estimate of drug-likeness (QED) is 0.899. The van der Waals surface area contributed by atoms with Crippen LogP contribution in [0.5, 0.6) is 0 Å². The highest BCUT2D eigenvalue weighted by atomic mass is 15.0. The van der Waals surface area contributed by atoms with E-state index in [1.54, 1.807) is 0 Å². The minimum absolute atomic E-state index is 0.109. The van der Waals surface area contributed by atoms with E-state index in [0.717, 1.165) is 5.69 Å². The number of nitriles is 1. The third-order valence-electron chi connectivity index (χ3n) is 3.28. The SMILES string of the molecule is CC(C)c1ccc(C#N)c(NC(C)c2ccccc2)n1. The van der Waals surface area contributed by atoms with Gasteiger partial charge in [-0.1, -0.05) is 44.2 Å². The second-order valence-electron chi connectivity index (χ2n) is 5.18. The van der Waals surface area contributed by atoms with Crippen LogP contribution in [-0.2, 0) is 0 Å². The third-order valence-corrected chi connectivity index (χ3v) is 3.28. The standard InChI is InChI=1S/C17H19N3/c1-12(2)16-10-9-15(11-18)17(20-16)19-13(3)14-7-5-4-6-8-14/h4-10,12-13H,1-3H3,(H,19,20). The normalized spacial score (nSPS) is 11.9. The van der Waals surface area contributed by atoms with Gasteiger partial charge in [-0.3, -0.25) is 0 Å². The first-order chi connectivity index (χ1) is 9.61. The van der Waals surface area contributed by atoms with Crippen LogP contribution in [0.2, 0.25) is 0 Å². The largest absolute Gasteiger partial charge is 0.362 e. The number of pyridine rings is 1. The zero-order valence-corrected chi connectivity index (χ0v) is 12.1. The van der Waals surface area contributed by atoms with Crippen LogP contribution in [0.4, 0.5) is 5.82 Å². The molecule has 0 bridgehead atoms. The van der Waals surface area contributed by atoms with Gasteiger partial charge in [0.05, 0.1) is 5.56 Å². The molecule has 0 spiro atoms. The molecule has 0 fully saturated rings. The second kappa shape index (κ2) is 6.21. The summed E-state index contributed by atoms with van der Waals surface area (Å²) in [4.78, 5) is 4.57. The first-order valence-corrected chi connectivity index (χ1v) is 6.84. The highest BCUT2D eigenvalue weighted by Crippen LogP contribution is 2.23. The Morgan fingerprint density at radius 3 is 2.35 bits per heavy atom. The van der Waals surface area contributed by atoms with Crippen molar-refractivity contribution in [3.8, 4) is 6.07 Å². The van der Waals surface area contributed by atoms with Gasteiger partial charge in [-0.15, -0.1) is 0 Å². The molecule has 1 atom stereocenters. The Kier molecular flexibility index (Phi) is 4.37. The molecule has 1 N–H and O–H groups in total. The number of benzene rings is 1. The van der Waals surface area contributed by atoms with E-state index in [1.807, 2.05) is 30.3 Å². The van der Waals surface area contributed by atoms with E-state index in [2.05, 4.69) is 49.3 Å². The van der Waals surface area contributed by atoms with Crippen LogP contribution in [0, 0.1) is 11.3 Å². The summed E-state index contributed by atoms with van der Waals surface area (Å²) in [5.41, 5.74) is 2.75. The smallest absolute Gasteiger partial charge is 0.144 e. The number of rotatable bonds is 4. The number of hydrogen-bond acceptors (Lipinski definition) is 3. The van der Waals surface area contributed by atoms with E-state index in [0.29, 0.717) is 17.3 Å². The van der Waals surface area contributed by atoms with Crippen molar-refractivity contribution in [2.24, 2.45) is 0 Å². The predicted molar refractivity (Wildman–Crippen MR) is 81.5 cm³/mol. The van der Waals surface area contributed by atoms with Gasteiger partial charge in [0.15, 0.2) is 0 Å².